The van der Waals surface area contributed by atoms with Crippen molar-refractivity contribution in [2.75, 3.05) is 0 Å². The van der Waals surface area contributed by atoms with Crippen LogP contribution < -0.4 is 0 Å². The summed E-state index contributed by atoms with van der Waals surface area (Å²) in [6.07, 6.45) is 27.2. The lowest BCUT2D eigenvalue weighted by atomic mass is 9.27. The zero-order valence-corrected chi connectivity index (χ0v) is 23.0. The summed E-state index contributed by atoms with van der Waals surface area (Å²) in [5.41, 5.74) is 1.64. The monoisotopic (exact) mass is 500 g/mol. The number of carboxylic acid groups (broad SMARTS) is 1. The second kappa shape index (κ2) is 6.57. The van der Waals surface area contributed by atoms with Crippen LogP contribution in [0.15, 0.2) is 12.2 Å². The third kappa shape index (κ3) is 2.33. The Morgan fingerprint density at radius 3 is 1.59 bits per heavy atom. The Labute approximate surface area is 223 Å². The van der Waals surface area contributed by atoms with E-state index >= 15 is 0 Å². The molecule has 12 bridgehead atoms. The van der Waals surface area contributed by atoms with Crippen molar-refractivity contribution in [2.45, 2.75) is 103 Å². The van der Waals surface area contributed by atoms with E-state index in [4.69, 9.17) is 0 Å². The molecule has 0 radical (unpaired) electrons. The molecule has 0 aromatic heterocycles. The summed E-state index contributed by atoms with van der Waals surface area (Å²) in [6.45, 7) is 2.94. The van der Waals surface area contributed by atoms with Gasteiger partial charge in [-0.05, 0) is 183 Å². The molecule has 200 valence electrons. The average Bonchev–Trinajstić information content (AvgIpc) is 3.61. The van der Waals surface area contributed by atoms with Crippen LogP contribution in [-0.2, 0) is 4.79 Å². The van der Waals surface area contributed by atoms with Crippen LogP contribution in [0.3, 0.4) is 0 Å². The number of rotatable bonds is 4. The highest BCUT2D eigenvalue weighted by atomic mass is 16.4. The van der Waals surface area contributed by atoms with Gasteiger partial charge in [0, 0.05) is 0 Å². The quantitative estimate of drug-likeness (QED) is 0.314. The molecule has 7 unspecified atom stereocenters. The number of carboxylic acids is 1. The van der Waals surface area contributed by atoms with Crippen LogP contribution in [-0.4, -0.2) is 11.1 Å². The molecule has 0 heterocycles. The van der Waals surface area contributed by atoms with Crippen LogP contribution in [0.25, 0.3) is 0 Å². The summed E-state index contributed by atoms with van der Waals surface area (Å²) in [7, 11) is 0. The fourth-order valence-corrected chi connectivity index (χ4v) is 17.2. The van der Waals surface area contributed by atoms with Crippen LogP contribution >= 0.6 is 0 Å². The molecule has 12 aliphatic rings. The normalized spacial score (nSPS) is 64.5. The van der Waals surface area contributed by atoms with E-state index in [-0.39, 0.29) is 11.3 Å². The predicted molar refractivity (Wildman–Crippen MR) is 143 cm³/mol. The fraction of sp³-hybridized carbons (Fsp3) is 0.914. The lowest BCUT2D eigenvalue weighted by molar-refractivity contribution is -0.282. The van der Waals surface area contributed by atoms with E-state index in [1.165, 1.54) is 89.9 Å². The first-order chi connectivity index (χ1) is 17.8. The van der Waals surface area contributed by atoms with Gasteiger partial charge in [0.1, 0.15) is 0 Å². The van der Waals surface area contributed by atoms with E-state index in [1.807, 2.05) is 0 Å². The van der Waals surface area contributed by atoms with Crippen LogP contribution in [0.5, 0.6) is 0 Å². The van der Waals surface area contributed by atoms with Gasteiger partial charge >= 0.3 is 5.97 Å². The molecule has 12 rings (SSSR count). The number of carbonyl (C=O) groups is 1. The maximum absolute atomic E-state index is 12.9. The molecule has 1 N–H and O–H groups in total. The smallest absolute Gasteiger partial charge is 0.306 e. The molecule has 2 nitrogen and oxygen atoms in total. The number of allylic oxidation sites excluding steroid dienone is 2. The van der Waals surface area contributed by atoms with Gasteiger partial charge in [-0.1, -0.05) is 19.1 Å². The van der Waals surface area contributed by atoms with Crippen LogP contribution in [0, 0.1) is 92.7 Å². The summed E-state index contributed by atoms with van der Waals surface area (Å²) in [4.78, 5) is 12.9. The highest BCUT2D eigenvalue weighted by Crippen LogP contribution is 2.87. The SMILES string of the molecule is CC(C12CC3CC(CC(C3)C1)C2)(C12CC3CC(CC(C3)C1)C2)C12CC(C(=O)O)C(C1)C1C3C=CC(C3)C12. The van der Waals surface area contributed by atoms with E-state index in [2.05, 4.69) is 19.1 Å². The maximum atomic E-state index is 12.9. The molecule has 37 heavy (non-hydrogen) atoms. The van der Waals surface area contributed by atoms with E-state index in [0.717, 1.165) is 53.8 Å². The highest BCUT2D eigenvalue weighted by molar-refractivity contribution is 5.71. The molecule has 7 atom stereocenters. The first-order valence-electron chi connectivity index (χ1n) is 16.7. The average molecular weight is 501 g/mol. The molecule has 0 saturated heterocycles. The summed E-state index contributed by atoms with van der Waals surface area (Å²) < 4.78 is 0. The van der Waals surface area contributed by atoms with E-state index in [1.54, 1.807) is 0 Å². The van der Waals surface area contributed by atoms with Gasteiger partial charge in [0.25, 0.3) is 0 Å². The predicted octanol–water partition coefficient (Wildman–Crippen LogP) is 7.97. The molecular weight excluding hydrogens is 452 g/mol. The summed E-state index contributed by atoms with van der Waals surface area (Å²) in [5, 5.41) is 10.7. The first kappa shape index (κ1) is 22.0. The molecule has 0 amide bonds. The summed E-state index contributed by atoms with van der Waals surface area (Å²) in [5.74, 6) is 8.83. The van der Waals surface area contributed by atoms with Gasteiger partial charge in [0.2, 0.25) is 0 Å². The first-order valence-corrected chi connectivity index (χ1v) is 16.7. The van der Waals surface area contributed by atoms with E-state index in [0.29, 0.717) is 34.0 Å². The minimum atomic E-state index is -0.435. The molecule has 0 aliphatic heterocycles. The lowest BCUT2D eigenvalue weighted by Gasteiger charge is -2.77. The van der Waals surface area contributed by atoms with E-state index in [9.17, 15) is 9.90 Å². The Hall–Kier alpha value is -0.790. The highest BCUT2D eigenvalue weighted by Gasteiger charge is 2.81. The molecule has 0 aromatic rings. The second-order valence-electron chi connectivity index (χ2n) is 17.7. The van der Waals surface area contributed by atoms with Gasteiger partial charge in [0.15, 0.2) is 0 Å². The van der Waals surface area contributed by atoms with Crippen LogP contribution in [0.1, 0.15) is 103 Å². The van der Waals surface area contributed by atoms with Gasteiger partial charge in [-0.2, -0.15) is 0 Å². The van der Waals surface area contributed by atoms with Crippen molar-refractivity contribution in [3.05, 3.63) is 12.2 Å². The molecule has 0 spiro atoms. The third-order valence-electron chi connectivity index (χ3n) is 16.9. The van der Waals surface area contributed by atoms with Crippen molar-refractivity contribution >= 4 is 5.97 Å². The van der Waals surface area contributed by atoms with Crippen molar-refractivity contribution in [3.63, 3.8) is 0 Å². The summed E-state index contributed by atoms with van der Waals surface area (Å²) in [6, 6.07) is 0. The Morgan fingerprint density at radius 1 is 0.676 bits per heavy atom. The van der Waals surface area contributed by atoms with Gasteiger partial charge in [0.05, 0.1) is 5.92 Å². The van der Waals surface area contributed by atoms with Crippen LogP contribution in [0.4, 0.5) is 0 Å². The Bertz CT molecular complexity index is 984. The topological polar surface area (TPSA) is 37.3 Å². The standard InChI is InChI=1S/C35H48O2/c1-32(33-11-19-4-20(12-33)6-21(5-19)13-33,34-14-22-7-23(15-34)9-24(8-22)16-34)35-17-27(28(18-35)31(36)37)29-25-2-3-26(10-25)30(29)35/h2-3,19-30H,4-18H2,1H3,(H,36,37). The Morgan fingerprint density at radius 2 is 1.14 bits per heavy atom. The minimum absolute atomic E-state index is 0.0591. The van der Waals surface area contributed by atoms with Crippen molar-refractivity contribution in [3.8, 4) is 0 Å². The summed E-state index contributed by atoms with van der Waals surface area (Å²) >= 11 is 0. The zero-order chi connectivity index (χ0) is 24.5. The van der Waals surface area contributed by atoms with Gasteiger partial charge < -0.3 is 5.11 Å². The molecule has 0 aromatic carbocycles. The number of fused-ring (bicyclic) bond motifs is 9. The number of aliphatic carboxylic acids is 1. The fourth-order valence-electron chi connectivity index (χ4n) is 17.2. The van der Waals surface area contributed by atoms with Crippen molar-refractivity contribution in [1.29, 1.82) is 0 Å². The second-order valence-corrected chi connectivity index (χ2v) is 17.7. The molecule has 11 saturated carbocycles. The largest absolute Gasteiger partial charge is 0.481 e. The third-order valence-corrected chi connectivity index (χ3v) is 16.9. The molecule has 12 aliphatic carbocycles. The Kier molecular flexibility index (Phi) is 3.90. The minimum Gasteiger partial charge on any atom is -0.481 e. The zero-order valence-electron chi connectivity index (χ0n) is 23.0. The van der Waals surface area contributed by atoms with Gasteiger partial charge in [-0.3, -0.25) is 4.79 Å². The molecule has 11 fully saturated rings. The Balaban J connectivity index is 1.22. The van der Waals surface area contributed by atoms with E-state index < -0.39 is 5.97 Å². The molecular formula is C35H48O2. The van der Waals surface area contributed by atoms with Gasteiger partial charge in [-0.15, -0.1) is 0 Å². The van der Waals surface area contributed by atoms with Crippen molar-refractivity contribution < 1.29 is 9.90 Å². The molecule has 2 heteroatoms. The number of hydrogen-bond donors (Lipinski definition) is 1. The van der Waals surface area contributed by atoms with Crippen LogP contribution in [0.2, 0.25) is 0 Å². The maximum Gasteiger partial charge on any atom is 0.306 e. The lowest BCUT2D eigenvalue weighted by Crippen LogP contribution is -2.69. The number of hydrogen-bond acceptors (Lipinski definition) is 1. The van der Waals surface area contributed by atoms with Gasteiger partial charge in [-0.25, -0.2) is 0 Å². The van der Waals surface area contributed by atoms with Crippen molar-refractivity contribution in [2.24, 2.45) is 92.7 Å². The van der Waals surface area contributed by atoms with Crippen molar-refractivity contribution in [1.82, 2.24) is 0 Å².